The lowest BCUT2D eigenvalue weighted by Crippen LogP contribution is -2.43. The van der Waals surface area contributed by atoms with Gasteiger partial charge in [0, 0.05) is 45.0 Å². The lowest BCUT2D eigenvalue weighted by Gasteiger charge is -2.18. The van der Waals surface area contributed by atoms with Crippen LogP contribution in [0.1, 0.15) is 36.1 Å². The second-order valence-corrected chi connectivity index (χ2v) is 7.17. The van der Waals surface area contributed by atoms with E-state index in [4.69, 9.17) is 0 Å². The van der Waals surface area contributed by atoms with Gasteiger partial charge in [0.2, 0.25) is 0 Å². The molecular weight excluding hydrogens is 479 g/mol. The normalized spacial score (nSPS) is 12.7. The summed E-state index contributed by atoms with van der Waals surface area (Å²) in [4.78, 5) is 4.34. The highest BCUT2D eigenvalue weighted by Crippen LogP contribution is 2.14. The summed E-state index contributed by atoms with van der Waals surface area (Å²) in [6.45, 7) is 7.17. The molecule has 3 aromatic heterocycles. The molecule has 0 aliphatic rings. The minimum Gasteiger partial charge on any atom is -0.356 e. The van der Waals surface area contributed by atoms with E-state index >= 15 is 0 Å². The van der Waals surface area contributed by atoms with Gasteiger partial charge in [-0.2, -0.15) is 5.10 Å². The first kappa shape index (κ1) is 23.1. The van der Waals surface area contributed by atoms with Crippen molar-refractivity contribution in [2.75, 3.05) is 13.6 Å². The summed E-state index contributed by atoms with van der Waals surface area (Å²) in [6, 6.07) is 6.19. The second-order valence-electron chi connectivity index (χ2n) is 7.17. The molecule has 3 rings (SSSR count). The van der Waals surface area contributed by atoms with Crippen LogP contribution in [0.4, 0.5) is 0 Å². The number of aliphatic imine (C=N–C) groups is 1. The predicted octanol–water partition coefficient (Wildman–Crippen LogP) is 2.43. The zero-order valence-electron chi connectivity index (χ0n) is 17.8. The van der Waals surface area contributed by atoms with Gasteiger partial charge >= 0.3 is 0 Å². The molecule has 0 spiro atoms. The van der Waals surface area contributed by atoms with Gasteiger partial charge in [-0.25, -0.2) is 0 Å². The molecule has 0 fully saturated rings. The molecule has 0 saturated carbocycles. The first-order valence-corrected chi connectivity index (χ1v) is 9.74. The van der Waals surface area contributed by atoms with Gasteiger partial charge in [-0.15, -0.1) is 34.2 Å². The molecule has 0 bridgehead atoms. The number of nitrogens with one attached hydrogen (secondary N) is 2. The maximum Gasteiger partial charge on any atom is 0.191 e. The van der Waals surface area contributed by atoms with Crippen LogP contribution >= 0.6 is 24.0 Å². The van der Waals surface area contributed by atoms with E-state index < -0.39 is 0 Å². The number of nitrogens with zero attached hydrogens (tertiary/aromatic N) is 6. The molecule has 8 nitrogen and oxygen atoms in total. The van der Waals surface area contributed by atoms with Crippen LogP contribution in [0.2, 0.25) is 0 Å². The number of hydrogen-bond donors (Lipinski definition) is 2. The Labute approximate surface area is 189 Å². The van der Waals surface area contributed by atoms with E-state index in [9.17, 15) is 0 Å². The fourth-order valence-electron chi connectivity index (χ4n) is 3.41. The minimum atomic E-state index is 0. The summed E-state index contributed by atoms with van der Waals surface area (Å²) < 4.78 is 3.98. The maximum absolute atomic E-state index is 4.50. The Morgan fingerprint density at radius 3 is 2.72 bits per heavy atom. The molecule has 0 aromatic carbocycles. The molecule has 2 N–H and O–H groups in total. The minimum absolute atomic E-state index is 0. The largest absolute Gasteiger partial charge is 0.356 e. The summed E-state index contributed by atoms with van der Waals surface area (Å²) in [5.74, 6) is 1.80. The van der Waals surface area contributed by atoms with Crippen molar-refractivity contribution in [2.24, 2.45) is 12.0 Å². The van der Waals surface area contributed by atoms with E-state index in [0.29, 0.717) is 0 Å². The molecule has 3 heterocycles. The number of aromatic nitrogens is 5. The number of fused-ring (bicyclic) bond motifs is 1. The van der Waals surface area contributed by atoms with E-state index in [1.54, 1.807) is 7.05 Å². The number of guanidine groups is 1. The molecule has 0 radical (unpaired) electrons. The first-order valence-electron chi connectivity index (χ1n) is 9.74. The van der Waals surface area contributed by atoms with Crippen molar-refractivity contribution in [3.8, 4) is 0 Å². The fraction of sp³-hybridized carbons (Fsp3) is 0.500. The van der Waals surface area contributed by atoms with Crippen molar-refractivity contribution in [3.05, 3.63) is 47.2 Å². The third-order valence-electron chi connectivity index (χ3n) is 5.03. The van der Waals surface area contributed by atoms with Crippen LogP contribution in [-0.2, 0) is 19.9 Å². The summed E-state index contributed by atoms with van der Waals surface area (Å²) in [5.41, 5.74) is 4.50. The van der Waals surface area contributed by atoms with Gasteiger partial charge in [-0.3, -0.25) is 14.1 Å². The monoisotopic (exact) mass is 510 g/mol. The zero-order valence-corrected chi connectivity index (χ0v) is 20.1. The molecule has 0 aliphatic heterocycles. The van der Waals surface area contributed by atoms with Crippen molar-refractivity contribution in [3.63, 3.8) is 0 Å². The highest BCUT2D eigenvalue weighted by Gasteiger charge is 2.14. The van der Waals surface area contributed by atoms with Gasteiger partial charge in [-0.05, 0) is 51.3 Å². The SMILES string of the molecule is CN=C(NCCCc1nnc2ccccn12)NC(C)Cc1c(C)nn(C)c1C.I. The van der Waals surface area contributed by atoms with E-state index in [2.05, 4.69) is 51.7 Å². The molecule has 0 amide bonds. The van der Waals surface area contributed by atoms with E-state index in [1.807, 2.05) is 40.5 Å². The number of hydrogen-bond acceptors (Lipinski definition) is 4. The van der Waals surface area contributed by atoms with Gasteiger partial charge in [0.05, 0.1) is 5.69 Å². The maximum atomic E-state index is 4.50. The van der Waals surface area contributed by atoms with Crippen molar-refractivity contribution < 1.29 is 0 Å². The summed E-state index contributed by atoms with van der Waals surface area (Å²) in [7, 11) is 3.79. The zero-order chi connectivity index (χ0) is 20.1. The molecule has 1 unspecified atom stereocenters. The summed E-state index contributed by atoms with van der Waals surface area (Å²) in [6.07, 6.45) is 4.73. The average Bonchev–Trinajstić information content (AvgIpc) is 3.20. The van der Waals surface area contributed by atoms with Gasteiger partial charge in [0.25, 0.3) is 0 Å². The molecule has 3 aromatic rings. The van der Waals surface area contributed by atoms with Gasteiger partial charge in [-0.1, -0.05) is 6.07 Å². The number of aryl methyl sites for hydroxylation is 3. The van der Waals surface area contributed by atoms with Crippen LogP contribution in [0.3, 0.4) is 0 Å². The Morgan fingerprint density at radius 2 is 2.03 bits per heavy atom. The third kappa shape index (κ3) is 5.68. The average molecular weight is 510 g/mol. The second kappa shape index (κ2) is 10.6. The molecule has 1 atom stereocenters. The Morgan fingerprint density at radius 1 is 1.24 bits per heavy atom. The standard InChI is InChI=1S/C20H30N8.HI/c1-14(13-17-15(2)26-27(5)16(17)3)23-20(21-4)22-11-8-10-19-25-24-18-9-6-7-12-28(18)19;/h6-7,9,12,14H,8,10-11,13H2,1-5H3,(H2,21,22,23);1H. The molecular formula is C20H31IN8. The van der Waals surface area contributed by atoms with Crippen LogP contribution in [0, 0.1) is 13.8 Å². The summed E-state index contributed by atoms with van der Waals surface area (Å²) >= 11 is 0. The highest BCUT2D eigenvalue weighted by atomic mass is 127. The molecule has 9 heteroatoms. The van der Waals surface area contributed by atoms with Crippen LogP contribution in [0.25, 0.3) is 5.65 Å². The fourth-order valence-corrected chi connectivity index (χ4v) is 3.41. The first-order chi connectivity index (χ1) is 13.5. The van der Waals surface area contributed by atoms with Crippen LogP contribution in [0.15, 0.2) is 29.4 Å². The van der Waals surface area contributed by atoms with Crippen molar-refractivity contribution in [1.29, 1.82) is 0 Å². The number of halogens is 1. The molecule has 29 heavy (non-hydrogen) atoms. The highest BCUT2D eigenvalue weighted by molar-refractivity contribution is 14.0. The number of pyridine rings is 1. The Kier molecular flexibility index (Phi) is 8.42. The van der Waals surface area contributed by atoms with E-state index in [0.717, 1.165) is 48.9 Å². The Bertz CT molecular complexity index is 959. The van der Waals surface area contributed by atoms with Crippen LogP contribution < -0.4 is 10.6 Å². The van der Waals surface area contributed by atoms with Crippen LogP contribution in [0.5, 0.6) is 0 Å². The molecule has 0 aliphatic carbocycles. The smallest absolute Gasteiger partial charge is 0.191 e. The lowest BCUT2D eigenvalue weighted by molar-refractivity contribution is 0.629. The quantitative estimate of drug-likeness (QED) is 0.221. The molecule has 0 saturated heterocycles. The topological polar surface area (TPSA) is 84.4 Å². The lowest BCUT2D eigenvalue weighted by atomic mass is 10.1. The van der Waals surface area contributed by atoms with Crippen LogP contribution in [-0.4, -0.2) is 50.0 Å². The number of rotatable bonds is 7. The predicted molar refractivity (Wildman–Crippen MR) is 127 cm³/mol. The van der Waals surface area contributed by atoms with Crippen molar-refractivity contribution in [1.82, 2.24) is 35.0 Å². The van der Waals surface area contributed by atoms with E-state index in [-0.39, 0.29) is 30.0 Å². The Balaban J connectivity index is 0.00000300. The van der Waals surface area contributed by atoms with Gasteiger partial charge in [0.1, 0.15) is 5.82 Å². The third-order valence-corrected chi connectivity index (χ3v) is 5.03. The van der Waals surface area contributed by atoms with Crippen molar-refractivity contribution >= 4 is 35.6 Å². The van der Waals surface area contributed by atoms with Gasteiger partial charge in [0.15, 0.2) is 11.6 Å². The van der Waals surface area contributed by atoms with Crippen molar-refractivity contribution in [2.45, 2.75) is 46.1 Å². The summed E-state index contributed by atoms with van der Waals surface area (Å²) in [5, 5.41) is 19.8. The molecule has 158 valence electrons. The Hall–Kier alpha value is -2.17. The van der Waals surface area contributed by atoms with E-state index in [1.165, 1.54) is 11.3 Å². The van der Waals surface area contributed by atoms with Gasteiger partial charge < -0.3 is 10.6 Å².